The van der Waals surface area contributed by atoms with Crippen LogP contribution in [0.5, 0.6) is 0 Å². The summed E-state index contributed by atoms with van der Waals surface area (Å²) in [6.07, 6.45) is 3.66. The molecule has 0 atom stereocenters. The molecule has 0 spiro atoms. The first kappa shape index (κ1) is 15.7. The van der Waals surface area contributed by atoms with E-state index < -0.39 is 0 Å². The molecule has 0 bridgehead atoms. The van der Waals surface area contributed by atoms with Gasteiger partial charge in [-0.25, -0.2) is 9.37 Å². The van der Waals surface area contributed by atoms with Crippen molar-refractivity contribution in [3.05, 3.63) is 52.9 Å². The van der Waals surface area contributed by atoms with Crippen LogP contribution in [0.15, 0.2) is 24.7 Å². The highest BCUT2D eigenvalue weighted by Crippen LogP contribution is 2.16. The average Bonchev–Trinajstić information content (AvgIpc) is 2.88. The van der Waals surface area contributed by atoms with Crippen molar-refractivity contribution in [1.29, 1.82) is 0 Å². The first-order valence-corrected chi connectivity index (χ1v) is 7.06. The van der Waals surface area contributed by atoms with Gasteiger partial charge in [-0.05, 0) is 30.5 Å². The van der Waals surface area contributed by atoms with E-state index >= 15 is 0 Å². The van der Waals surface area contributed by atoms with Crippen LogP contribution in [0.4, 0.5) is 4.39 Å². The zero-order chi connectivity index (χ0) is 15.2. The molecule has 5 heteroatoms. The molecule has 0 aliphatic rings. The number of nitrogens with zero attached hydrogens (tertiary/aromatic N) is 2. The number of hydrogen-bond acceptors (Lipinski definition) is 3. The van der Waals surface area contributed by atoms with Crippen LogP contribution in [0.3, 0.4) is 0 Å². The maximum atomic E-state index is 13.7. The number of nitrogens with one attached hydrogen (secondary N) is 1. The highest BCUT2D eigenvalue weighted by Gasteiger charge is 2.07. The number of hydrogen-bond donors (Lipinski definition) is 1. The number of aryl methyl sites for hydroxylation is 2. The summed E-state index contributed by atoms with van der Waals surface area (Å²) in [5.74, 6) is -0.120. The Balaban J connectivity index is 2.05. The summed E-state index contributed by atoms with van der Waals surface area (Å²) in [5.41, 5.74) is 3.56. The van der Waals surface area contributed by atoms with Crippen LogP contribution in [0.1, 0.15) is 22.4 Å². The minimum atomic E-state index is -0.120. The Hall–Kier alpha value is -1.72. The lowest BCUT2D eigenvalue weighted by atomic mass is 10.1. The van der Waals surface area contributed by atoms with Gasteiger partial charge in [-0.1, -0.05) is 12.1 Å². The second-order valence-electron chi connectivity index (χ2n) is 5.23. The van der Waals surface area contributed by atoms with E-state index in [0.717, 1.165) is 24.3 Å². The summed E-state index contributed by atoms with van der Waals surface area (Å²) in [5, 5.41) is 3.30. The third kappa shape index (κ3) is 4.12. The Morgan fingerprint density at radius 3 is 2.67 bits per heavy atom. The van der Waals surface area contributed by atoms with Gasteiger partial charge in [0.25, 0.3) is 0 Å². The molecule has 0 radical (unpaired) electrons. The largest absolute Gasteiger partial charge is 0.383 e. The first-order chi connectivity index (χ1) is 10.1. The lowest BCUT2D eigenvalue weighted by Gasteiger charge is -2.11. The van der Waals surface area contributed by atoms with Crippen LogP contribution in [-0.4, -0.2) is 29.8 Å². The quantitative estimate of drug-likeness (QED) is 0.796. The smallest absolute Gasteiger partial charge is 0.129 e. The predicted octanol–water partition coefficient (Wildman–Crippen LogP) is 2.42. The van der Waals surface area contributed by atoms with Crippen molar-refractivity contribution in [3.63, 3.8) is 0 Å². The van der Waals surface area contributed by atoms with Gasteiger partial charge in [-0.15, -0.1) is 0 Å². The van der Waals surface area contributed by atoms with Gasteiger partial charge in [0.05, 0.1) is 18.6 Å². The number of halogens is 1. The monoisotopic (exact) mass is 291 g/mol. The highest BCUT2D eigenvalue weighted by molar-refractivity contribution is 5.30. The van der Waals surface area contributed by atoms with E-state index in [4.69, 9.17) is 4.74 Å². The number of ether oxygens (including phenoxy) is 1. The van der Waals surface area contributed by atoms with Gasteiger partial charge >= 0.3 is 0 Å². The molecule has 1 aromatic heterocycles. The molecule has 1 heterocycles. The Morgan fingerprint density at radius 2 is 2.00 bits per heavy atom. The molecule has 0 unspecified atom stereocenters. The molecule has 0 amide bonds. The fraction of sp³-hybridized carbons (Fsp3) is 0.438. The predicted molar refractivity (Wildman–Crippen MR) is 80.8 cm³/mol. The molecule has 0 aliphatic carbocycles. The van der Waals surface area contributed by atoms with Crippen molar-refractivity contribution >= 4 is 0 Å². The maximum absolute atomic E-state index is 13.7. The zero-order valence-electron chi connectivity index (χ0n) is 12.8. The number of benzene rings is 1. The Bertz CT molecular complexity index is 572. The van der Waals surface area contributed by atoms with E-state index in [9.17, 15) is 4.39 Å². The van der Waals surface area contributed by atoms with Crippen LogP contribution in [-0.2, 0) is 17.8 Å². The van der Waals surface area contributed by atoms with E-state index in [-0.39, 0.29) is 5.82 Å². The topological polar surface area (TPSA) is 39.1 Å². The molecule has 21 heavy (non-hydrogen) atoms. The summed E-state index contributed by atoms with van der Waals surface area (Å²) >= 11 is 0. The third-order valence-corrected chi connectivity index (χ3v) is 3.44. The highest BCUT2D eigenvalue weighted by atomic mass is 19.1. The summed E-state index contributed by atoms with van der Waals surface area (Å²) in [6.45, 7) is 6.52. The molecule has 4 nitrogen and oxygen atoms in total. The lowest BCUT2D eigenvalue weighted by molar-refractivity contribution is 0.199. The lowest BCUT2D eigenvalue weighted by Crippen LogP contribution is -2.20. The van der Waals surface area contributed by atoms with Crippen molar-refractivity contribution < 1.29 is 9.13 Å². The fourth-order valence-corrected chi connectivity index (χ4v) is 2.35. The molecule has 2 aromatic rings. The van der Waals surface area contributed by atoms with Crippen molar-refractivity contribution in [3.8, 4) is 0 Å². The molecule has 0 fully saturated rings. The van der Waals surface area contributed by atoms with Gasteiger partial charge in [0.2, 0.25) is 0 Å². The van der Waals surface area contributed by atoms with Crippen molar-refractivity contribution in [2.75, 3.05) is 20.3 Å². The molecule has 0 saturated heterocycles. The molecule has 114 valence electrons. The number of aromatic nitrogens is 2. The molecule has 0 aliphatic heterocycles. The van der Waals surface area contributed by atoms with E-state index in [1.807, 2.05) is 18.3 Å². The molecular weight excluding hydrogens is 269 g/mol. The minimum Gasteiger partial charge on any atom is -0.383 e. The van der Waals surface area contributed by atoms with Gasteiger partial charge < -0.3 is 14.6 Å². The molecule has 1 aromatic carbocycles. The summed E-state index contributed by atoms with van der Waals surface area (Å²) in [4.78, 5) is 4.20. The molecular formula is C16H22FN3O. The third-order valence-electron chi connectivity index (χ3n) is 3.44. The van der Waals surface area contributed by atoms with Crippen molar-refractivity contribution in [2.45, 2.75) is 26.9 Å². The summed E-state index contributed by atoms with van der Waals surface area (Å²) in [6, 6.07) is 3.79. The Morgan fingerprint density at radius 1 is 1.29 bits per heavy atom. The van der Waals surface area contributed by atoms with E-state index in [1.54, 1.807) is 27.3 Å². The van der Waals surface area contributed by atoms with Gasteiger partial charge in [0.1, 0.15) is 5.82 Å². The zero-order valence-corrected chi connectivity index (χ0v) is 12.8. The number of rotatable bonds is 7. The fourth-order valence-electron chi connectivity index (χ4n) is 2.35. The Kier molecular flexibility index (Phi) is 5.47. The second kappa shape index (κ2) is 7.33. The van der Waals surface area contributed by atoms with Crippen molar-refractivity contribution in [1.82, 2.24) is 14.9 Å². The number of imidazole rings is 1. The maximum Gasteiger partial charge on any atom is 0.129 e. The SMILES string of the molecule is COCCNCc1cncn1Cc1cc(C)c(F)c(C)c1. The van der Waals surface area contributed by atoms with Gasteiger partial charge in [0, 0.05) is 32.9 Å². The van der Waals surface area contributed by atoms with E-state index in [0.29, 0.717) is 24.3 Å². The molecule has 0 saturated carbocycles. The van der Waals surface area contributed by atoms with Crippen molar-refractivity contribution in [2.24, 2.45) is 0 Å². The van der Waals surface area contributed by atoms with Crippen LogP contribution >= 0.6 is 0 Å². The van der Waals surface area contributed by atoms with Crippen LogP contribution in [0.25, 0.3) is 0 Å². The van der Waals surface area contributed by atoms with E-state index in [2.05, 4.69) is 14.9 Å². The van der Waals surface area contributed by atoms with Crippen LogP contribution < -0.4 is 5.32 Å². The summed E-state index contributed by atoms with van der Waals surface area (Å²) < 4.78 is 20.7. The van der Waals surface area contributed by atoms with Crippen LogP contribution in [0.2, 0.25) is 0 Å². The van der Waals surface area contributed by atoms with Crippen LogP contribution in [0, 0.1) is 19.7 Å². The number of methoxy groups -OCH3 is 1. The van der Waals surface area contributed by atoms with Gasteiger partial charge in [0.15, 0.2) is 0 Å². The summed E-state index contributed by atoms with van der Waals surface area (Å²) in [7, 11) is 1.69. The minimum absolute atomic E-state index is 0.120. The Labute approximate surface area is 125 Å². The van der Waals surface area contributed by atoms with E-state index in [1.165, 1.54) is 0 Å². The average molecular weight is 291 g/mol. The molecule has 1 N–H and O–H groups in total. The normalized spacial score (nSPS) is 11.0. The second-order valence-corrected chi connectivity index (χ2v) is 5.23. The van der Waals surface area contributed by atoms with Gasteiger partial charge in [-0.3, -0.25) is 0 Å². The standard InChI is InChI=1S/C16H22FN3O/c1-12-6-14(7-13(2)16(12)17)10-20-11-19-9-15(20)8-18-4-5-21-3/h6-7,9,11,18H,4-5,8,10H2,1-3H3. The van der Waals surface area contributed by atoms with Gasteiger partial charge in [-0.2, -0.15) is 0 Å². The first-order valence-electron chi connectivity index (χ1n) is 7.06. The molecule has 2 rings (SSSR count).